The van der Waals surface area contributed by atoms with Gasteiger partial charge in [-0.3, -0.25) is 4.98 Å². The van der Waals surface area contributed by atoms with Gasteiger partial charge in [0.25, 0.3) is 0 Å². The number of hydrogen-bond donors (Lipinski definition) is 0. The molecule has 0 radical (unpaired) electrons. The van der Waals surface area contributed by atoms with Crippen LogP contribution >= 0.6 is 0 Å². The summed E-state index contributed by atoms with van der Waals surface area (Å²) >= 11 is 0. The molecule has 2 aromatic rings. The second-order valence-electron chi connectivity index (χ2n) is 5.92. The van der Waals surface area contributed by atoms with E-state index < -0.39 is 10.0 Å². The topological polar surface area (TPSA) is 73.8 Å². The van der Waals surface area contributed by atoms with E-state index in [1.54, 1.807) is 49.6 Å². The van der Waals surface area contributed by atoms with E-state index in [1.165, 1.54) is 9.21 Å². The van der Waals surface area contributed by atoms with Gasteiger partial charge in [0.05, 0.1) is 4.90 Å². The molecular formula is C16H20N4O3S. The van der Waals surface area contributed by atoms with Gasteiger partial charge < -0.3 is 9.80 Å². The molecule has 0 aliphatic carbocycles. The van der Waals surface area contributed by atoms with Crippen molar-refractivity contribution in [3.8, 4) is 0 Å². The number of benzene rings is 1. The molecule has 0 spiro atoms. The number of amides is 2. The van der Waals surface area contributed by atoms with Gasteiger partial charge in [-0.2, -0.15) is 4.31 Å². The van der Waals surface area contributed by atoms with Crippen molar-refractivity contribution < 1.29 is 13.2 Å². The minimum atomic E-state index is -3.60. The van der Waals surface area contributed by atoms with E-state index in [4.69, 9.17) is 0 Å². The van der Waals surface area contributed by atoms with Gasteiger partial charge in [-0.1, -0.05) is 12.1 Å². The zero-order chi connectivity index (χ0) is 17.3. The van der Waals surface area contributed by atoms with E-state index in [-0.39, 0.29) is 10.9 Å². The van der Waals surface area contributed by atoms with Crippen LogP contribution in [-0.4, -0.2) is 73.8 Å². The van der Waals surface area contributed by atoms with Crippen LogP contribution in [0.15, 0.2) is 41.6 Å². The fourth-order valence-electron chi connectivity index (χ4n) is 2.86. The molecule has 3 rings (SSSR count). The predicted molar refractivity (Wildman–Crippen MR) is 91.2 cm³/mol. The van der Waals surface area contributed by atoms with Crippen LogP contribution in [0, 0.1) is 0 Å². The fraction of sp³-hybridized carbons (Fsp3) is 0.375. The smallest absolute Gasteiger partial charge is 0.319 e. The molecule has 1 aromatic carbocycles. The van der Waals surface area contributed by atoms with Gasteiger partial charge in [0.2, 0.25) is 10.0 Å². The van der Waals surface area contributed by atoms with E-state index in [0.29, 0.717) is 31.6 Å². The van der Waals surface area contributed by atoms with Crippen LogP contribution in [0.4, 0.5) is 4.79 Å². The molecule has 0 bridgehead atoms. The van der Waals surface area contributed by atoms with Crippen molar-refractivity contribution in [1.82, 2.24) is 19.1 Å². The van der Waals surface area contributed by atoms with Gasteiger partial charge in [0, 0.05) is 63.4 Å². The first-order valence-corrected chi connectivity index (χ1v) is 9.14. The monoisotopic (exact) mass is 348 g/mol. The summed E-state index contributed by atoms with van der Waals surface area (Å²) in [6.07, 6.45) is 3.25. The standard InChI is InChI=1S/C16H20N4O3S/c1-18(2)16(21)19-8-10-20(11-9-19)24(22,23)15-5-3-4-13-12-17-7-6-14(13)15/h3-7,12H,8-11H2,1-2H3. The number of rotatable bonds is 2. The average Bonchev–Trinajstić information content (AvgIpc) is 2.60. The Bertz CT molecular complexity index is 853. The van der Waals surface area contributed by atoms with Crippen LogP contribution in [0.2, 0.25) is 0 Å². The number of urea groups is 1. The minimum Gasteiger partial charge on any atom is -0.331 e. The number of hydrogen-bond acceptors (Lipinski definition) is 4. The summed E-state index contributed by atoms with van der Waals surface area (Å²) in [7, 11) is -0.224. The third-order valence-corrected chi connectivity index (χ3v) is 6.11. The lowest BCUT2D eigenvalue weighted by atomic mass is 10.2. The molecule has 2 heterocycles. The zero-order valence-electron chi connectivity index (χ0n) is 13.7. The van der Waals surface area contributed by atoms with Crippen molar-refractivity contribution in [2.45, 2.75) is 4.90 Å². The van der Waals surface area contributed by atoms with E-state index >= 15 is 0 Å². The molecule has 1 aliphatic rings. The maximum Gasteiger partial charge on any atom is 0.319 e. The second-order valence-corrected chi connectivity index (χ2v) is 7.83. The Morgan fingerprint density at radius 1 is 1.12 bits per heavy atom. The molecule has 7 nitrogen and oxygen atoms in total. The molecular weight excluding hydrogens is 328 g/mol. The number of fused-ring (bicyclic) bond motifs is 1. The lowest BCUT2D eigenvalue weighted by Crippen LogP contribution is -2.52. The molecule has 0 atom stereocenters. The summed E-state index contributed by atoms with van der Waals surface area (Å²) in [5.41, 5.74) is 0. The van der Waals surface area contributed by atoms with Crippen LogP contribution in [-0.2, 0) is 10.0 Å². The maximum absolute atomic E-state index is 13.0. The van der Waals surface area contributed by atoms with E-state index in [0.717, 1.165) is 5.39 Å². The number of pyridine rings is 1. The van der Waals surface area contributed by atoms with E-state index in [9.17, 15) is 13.2 Å². The predicted octanol–water partition coefficient (Wildman–Crippen LogP) is 1.22. The summed E-state index contributed by atoms with van der Waals surface area (Å²) in [5.74, 6) is 0. The first-order valence-electron chi connectivity index (χ1n) is 7.70. The van der Waals surface area contributed by atoms with E-state index in [2.05, 4.69) is 4.98 Å². The lowest BCUT2D eigenvalue weighted by Gasteiger charge is -2.35. The van der Waals surface area contributed by atoms with Gasteiger partial charge in [0.15, 0.2) is 0 Å². The summed E-state index contributed by atoms with van der Waals surface area (Å²) in [4.78, 5) is 19.5. The van der Waals surface area contributed by atoms with Gasteiger partial charge in [-0.25, -0.2) is 13.2 Å². The zero-order valence-corrected chi connectivity index (χ0v) is 14.5. The lowest BCUT2D eigenvalue weighted by molar-refractivity contribution is 0.149. The van der Waals surface area contributed by atoms with Crippen LogP contribution in [0.5, 0.6) is 0 Å². The van der Waals surface area contributed by atoms with Crippen molar-refractivity contribution in [1.29, 1.82) is 0 Å². The van der Waals surface area contributed by atoms with Crippen molar-refractivity contribution in [2.24, 2.45) is 0 Å². The fourth-order valence-corrected chi connectivity index (χ4v) is 4.50. The highest BCUT2D eigenvalue weighted by atomic mass is 32.2. The first kappa shape index (κ1) is 16.7. The Balaban J connectivity index is 1.86. The molecule has 24 heavy (non-hydrogen) atoms. The minimum absolute atomic E-state index is 0.0942. The third-order valence-electron chi connectivity index (χ3n) is 4.15. The van der Waals surface area contributed by atoms with Crippen LogP contribution < -0.4 is 0 Å². The molecule has 0 N–H and O–H groups in total. The maximum atomic E-state index is 13.0. The van der Waals surface area contributed by atoms with Crippen LogP contribution in [0.1, 0.15) is 0 Å². The third kappa shape index (κ3) is 2.94. The Morgan fingerprint density at radius 2 is 1.83 bits per heavy atom. The number of carbonyl (C=O) groups is 1. The quantitative estimate of drug-likeness (QED) is 0.818. The van der Waals surface area contributed by atoms with Gasteiger partial charge in [-0.15, -0.1) is 0 Å². The van der Waals surface area contributed by atoms with Crippen molar-refractivity contribution >= 4 is 26.8 Å². The van der Waals surface area contributed by atoms with Crippen molar-refractivity contribution in [3.05, 3.63) is 36.7 Å². The Kier molecular flexibility index (Phi) is 4.42. The van der Waals surface area contributed by atoms with Crippen LogP contribution in [0.3, 0.4) is 0 Å². The SMILES string of the molecule is CN(C)C(=O)N1CCN(S(=O)(=O)c2cccc3cnccc23)CC1. The highest BCUT2D eigenvalue weighted by Gasteiger charge is 2.31. The summed E-state index contributed by atoms with van der Waals surface area (Å²) in [6.45, 7) is 1.37. The highest BCUT2D eigenvalue weighted by Crippen LogP contribution is 2.25. The largest absolute Gasteiger partial charge is 0.331 e. The van der Waals surface area contributed by atoms with E-state index in [1.807, 2.05) is 6.07 Å². The molecule has 1 aliphatic heterocycles. The van der Waals surface area contributed by atoms with Crippen molar-refractivity contribution in [3.63, 3.8) is 0 Å². The van der Waals surface area contributed by atoms with Crippen molar-refractivity contribution in [2.75, 3.05) is 40.3 Å². The molecule has 0 saturated carbocycles. The summed E-state index contributed by atoms with van der Waals surface area (Å²) < 4.78 is 27.5. The number of piperazine rings is 1. The number of aromatic nitrogens is 1. The first-order chi connectivity index (χ1) is 11.4. The average molecular weight is 348 g/mol. The Labute approximate surface area is 141 Å². The molecule has 128 valence electrons. The molecule has 2 amide bonds. The van der Waals surface area contributed by atoms with Gasteiger partial charge in [-0.05, 0) is 12.1 Å². The second kappa shape index (κ2) is 6.37. The highest BCUT2D eigenvalue weighted by molar-refractivity contribution is 7.89. The molecule has 1 fully saturated rings. The van der Waals surface area contributed by atoms with Gasteiger partial charge >= 0.3 is 6.03 Å². The molecule has 8 heteroatoms. The molecule has 0 unspecified atom stereocenters. The number of nitrogens with zero attached hydrogens (tertiary/aromatic N) is 4. The molecule has 1 aromatic heterocycles. The Morgan fingerprint density at radius 3 is 2.50 bits per heavy atom. The molecule has 1 saturated heterocycles. The normalized spacial score (nSPS) is 16.3. The number of carbonyl (C=O) groups excluding carboxylic acids is 1. The van der Waals surface area contributed by atoms with Gasteiger partial charge in [0.1, 0.15) is 0 Å². The number of sulfonamides is 1. The Hall–Kier alpha value is -2.19. The summed E-state index contributed by atoms with van der Waals surface area (Å²) in [6, 6.07) is 6.81. The summed E-state index contributed by atoms with van der Waals surface area (Å²) in [5, 5.41) is 1.46. The van der Waals surface area contributed by atoms with Crippen LogP contribution in [0.25, 0.3) is 10.8 Å².